The molecule has 1 fully saturated rings. The van der Waals surface area contributed by atoms with Crippen molar-refractivity contribution < 1.29 is 9.53 Å². The molecule has 0 saturated carbocycles. The van der Waals surface area contributed by atoms with Crippen molar-refractivity contribution in [3.8, 4) is 0 Å². The van der Waals surface area contributed by atoms with Gasteiger partial charge in [0.15, 0.2) is 0 Å². The maximum absolute atomic E-state index is 11.0. The van der Waals surface area contributed by atoms with Crippen LogP contribution in [0.25, 0.3) is 0 Å². The monoisotopic (exact) mass is 170 g/mol. The van der Waals surface area contributed by atoms with Crippen LogP contribution in [0.1, 0.15) is 46.0 Å². The van der Waals surface area contributed by atoms with Crippen LogP contribution in [-0.2, 0) is 9.53 Å². The quantitative estimate of drug-likeness (QED) is 0.606. The molecule has 0 aromatic rings. The summed E-state index contributed by atoms with van der Waals surface area (Å²) in [5.41, 5.74) is 0. The summed E-state index contributed by atoms with van der Waals surface area (Å²) in [6.45, 7) is 4.29. The molecule has 0 aromatic carbocycles. The van der Waals surface area contributed by atoms with Crippen molar-refractivity contribution in [3.05, 3.63) is 0 Å². The van der Waals surface area contributed by atoms with Gasteiger partial charge in [-0.2, -0.15) is 0 Å². The van der Waals surface area contributed by atoms with Crippen molar-refractivity contribution in [2.75, 3.05) is 0 Å². The van der Waals surface area contributed by atoms with Crippen molar-refractivity contribution in [2.24, 2.45) is 5.92 Å². The Kier molecular flexibility index (Phi) is 3.57. The van der Waals surface area contributed by atoms with Gasteiger partial charge in [0.2, 0.25) is 0 Å². The van der Waals surface area contributed by atoms with Gasteiger partial charge in [-0.1, -0.05) is 26.7 Å². The Bertz CT molecular complexity index is 138. The Morgan fingerprint density at radius 2 is 2.00 bits per heavy atom. The average molecular weight is 170 g/mol. The van der Waals surface area contributed by atoms with E-state index in [9.17, 15) is 4.79 Å². The van der Waals surface area contributed by atoms with Gasteiger partial charge in [-0.15, -0.1) is 0 Å². The second kappa shape index (κ2) is 4.48. The lowest BCUT2D eigenvalue weighted by atomic mass is 9.93. The standard InChI is InChI=1S/C10H18O2/c1-3-5-8-7-10(11)12-9(8)6-4-2/h8-9H,3-7H2,1-2H3. The van der Waals surface area contributed by atoms with Crippen LogP contribution in [0.3, 0.4) is 0 Å². The molecular weight excluding hydrogens is 152 g/mol. The Morgan fingerprint density at radius 1 is 1.33 bits per heavy atom. The minimum atomic E-state index is 0.00639. The molecule has 0 aromatic heterocycles. The molecule has 70 valence electrons. The zero-order valence-electron chi connectivity index (χ0n) is 8.01. The molecule has 0 amide bonds. The van der Waals surface area contributed by atoms with Crippen LogP contribution in [0.4, 0.5) is 0 Å². The molecule has 12 heavy (non-hydrogen) atoms. The van der Waals surface area contributed by atoms with Gasteiger partial charge >= 0.3 is 5.97 Å². The highest BCUT2D eigenvalue weighted by Gasteiger charge is 2.32. The van der Waals surface area contributed by atoms with E-state index in [1.165, 1.54) is 0 Å². The van der Waals surface area contributed by atoms with Gasteiger partial charge in [-0.05, 0) is 12.8 Å². The van der Waals surface area contributed by atoms with E-state index in [1.807, 2.05) is 0 Å². The zero-order valence-corrected chi connectivity index (χ0v) is 8.01. The summed E-state index contributed by atoms with van der Waals surface area (Å²) in [6, 6.07) is 0. The fraction of sp³-hybridized carbons (Fsp3) is 0.900. The molecule has 1 saturated heterocycles. The molecule has 2 nitrogen and oxygen atoms in total. The maximum atomic E-state index is 11.0. The third-order valence-corrected chi connectivity index (χ3v) is 2.47. The number of cyclic esters (lactones) is 1. The Morgan fingerprint density at radius 3 is 2.58 bits per heavy atom. The zero-order chi connectivity index (χ0) is 8.97. The molecule has 0 radical (unpaired) electrons. The first-order chi connectivity index (χ1) is 5.77. The molecule has 2 atom stereocenters. The highest BCUT2D eigenvalue weighted by molar-refractivity contribution is 5.72. The van der Waals surface area contributed by atoms with Crippen molar-refractivity contribution in [2.45, 2.75) is 52.1 Å². The molecule has 0 spiro atoms. The first-order valence-corrected chi connectivity index (χ1v) is 4.97. The molecular formula is C10H18O2. The first kappa shape index (κ1) is 9.56. The molecule has 0 N–H and O–H groups in total. The summed E-state index contributed by atoms with van der Waals surface area (Å²) in [4.78, 5) is 11.0. The Balaban J connectivity index is 2.41. The number of carbonyl (C=O) groups excluding carboxylic acids is 1. The first-order valence-electron chi connectivity index (χ1n) is 4.97. The third kappa shape index (κ3) is 2.23. The van der Waals surface area contributed by atoms with Gasteiger partial charge in [-0.25, -0.2) is 0 Å². The van der Waals surface area contributed by atoms with E-state index >= 15 is 0 Å². The molecule has 0 aliphatic carbocycles. The van der Waals surface area contributed by atoms with E-state index in [0.29, 0.717) is 12.3 Å². The lowest BCUT2D eigenvalue weighted by Crippen LogP contribution is -2.15. The number of ether oxygens (including phenoxy) is 1. The molecule has 1 rings (SSSR count). The lowest BCUT2D eigenvalue weighted by Gasteiger charge is -2.15. The molecule has 1 aliphatic heterocycles. The Hall–Kier alpha value is -0.530. The molecule has 1 heterocycles. The summed E-state index contributed by atoms with van der Waals surface area (Å²) in [5, 5.41) is 0. The van der Waals surface area contributed by atoms with Crippen LogP contribution in [0.5, 0.6) is 0 Å². The second-order valence-electron chi connectivity index (χ2n) is 3.57. The van der Waals surface area contributed by atoms with Crippen LogP contribution >= 0.6 is 0 Å². The Labute approximate surface area is 74.3 Å². The van der Waals surface area contributed by atoms with E-state index in [0.717, 1.165) is 25.7 Å². The fourth-order valence-electron chi connectivity index (χ4n) is 1.90. The van der Waals surface area contributed by atoms with Crippen LogP contribution in [0, 0.1) is 5.92 Å². The number of rotatable bonds is 4. The third-order valence-electron chi connectivity index (χ3n) is 2.47. The average Bonchev–Trinajstić information content (AvgIpc) is 2.33. The van der Waals surface area contributed by atoms with Gasteiger partial charge in [0.25, 0.3) is 0 Å². The van der Waals surface area contributed by atoms with E-state index < -0.39 is 0 Å². The van der Waals surface area contributed by atoms with E-state index in [2.05, 4.69) is 13.8 Å². The predicted octanol–water partition coefficient (Wildman–Crippen LogP) is 2.52. The normalized spacial score (nSPS) is 29.0. The topological polar surface area (TPSA) is 26.3 Å². The highest BCUT2D eigenvalue weighted by Crippen LogP contribution is 2.29. The van der Waals surface area contributed by atoms with Gasteiger partial charge < -0.3 is 4.74 Å². The van der Waals surface area contributed by atoms with Crippen LogP contribution in [0.15, 0.2) is 0 Å². The smallest absolute Gasteiger partial charge is 0.306 e. The summed E-state index contributed by atoms with van der Waals surface area (Å²) >= 11 is 0. The van der Waals surface area contributed by atoms with Gasteiger partial charge in [-0.3, -0.25) is 4.79 Å². The van der Waals surface area contributed by atoms with Crippen LogP contribution in [0.2, 0.25) is 0 Å². The minimum absolute atomic E-state index is 0.00639. The minimum Gasteiger partial charge on any atom is -0.462 e. The predicted molar refractivity (Wildman–Crippen MR) is 47.8 cm³/mol. The van der Waals surface area contributed by atoms with Crippen molar-refractivity contribution in [1.82, 2.24) is 0 Å². The summed E-state index contributed by atoms with van der Waals surface area (Å²) in [7, 11) is 0. The number of hydrogen-bond donors (Lipinski definition) is 0. The second-order valence-corrected chi connectivity index (χ2v) is 3.57. The van der Waals surface area contributed by atoms with Crippen molar-refractivity contribution in [1.29, 1.82) is 0 Å². The fourth-order valence-corrected chi connectivity index (χ4v) is 1.90. The van der Waals surface area contributed by atoms with E-state index in [1.54, 1.807) is 0 Å². The van der Waals surface area contributed by atoms with Crippen molar-refractivity contribution in [3.63, 3.8) is 0 Å². The largest absolute Gasteiger partial charge is 0.462 e. The number of carbonyl (C=O) groups is 1. The summed E-state index contributed by atoms with van der Waals surface area (Å²) < 4.78 is 5.23. The summed E-state index contributed by atoms with van der Waals surface area (Å²) in [5.74, 6) is 0.509. The van der Waals surface area contributed by atoms with Gasteiger partial charge in [0, 0.05) is 5.92 Å². The van der Waals surface area contributed by atoms with Crippen LogP contribution < -0.4 is 0 Å². The highest BCUT2D eigenvalue weighted by atomic mass is 16.5. The van der Waals surface area contributed by atoms with Gasteiger partial charge in [0.05, 0.1) is 6.42 Å². The molecule has 0 bridgehead atoms. The van der Waals surface area contributed by atoms with Crippen LogP contribution in [-0.4, -0.2) is 12.1 Å². The van der Waals surface area contributed by atoms with Gasteiger partial charge in [0.1, 0.15) is 6.10 Å². The SMILES string of the molecule is CCCC1CC(=O)OC1CCC. The molecule has 2 heteroatoms. The maximum Gasteiger partial charge on any atom is 0.306 e. The van der Waals surface area contributed by atoms with Crippen molar-refractivity contribution >= 4 is 5.97 Å². The molecule has 2 unspecified atom stereocenters. The summed E-state index contributed by atoms with van der Waals surface area (Å²) in [6.07, 6.45) is 5.31. The number of esters is 1. The lowest BCUT2D eigenvalue weighted by molar-refractivity contribution is -0.141. The van der Waals surface area contributed by atoms with E-state index in [4.69, 9.17) is 4.74 Å². The number of hydrogen-bond acceptors (Lipinski definition) is 2. The van der Waals surface area contributed by atoms with E-state index in [-0.39, 0.29) is 12.1 Å². The molecule has 1 aliphatic rings.